The number of nitrogens with zero attached hydrogens (tertiary/aromatic N) is 2. The molecule has 0 aliphatic heterocycles. The van der Waals surface area contributed by atoms with Crippen LogP contribution in [0.4, 0.5) is 0 Å². The molecule has 0 bridgehead atoms. The van der Waals surface area contributed by atoms with Crippen LogP contribution in [0.2, 0.25) is 5.15 Å². The molecule has 0 radical (unpaired) electrons. The number of rotatable bonds is 2. The lowest BCUT2D eigenvalue weighted by molar-refractivity contribution is -0.128. The molecule has 0 aliphatic carbocycles. The summed E-state index contributed by atoms with van der Waals surface area (Å²) in [6.07, 6.45) is 3.06. The molecule has 0 fully saturated rings. The average molecular weight is 228 g/mol. The molecule has 82 valence electrons. The summed E-state index contributed by atoms with van der Waals surface area (Å²) in [7, 11) is 0. The minimum atomic E-state index is -0.408. The molecule has 0 atom stereocenters. The van der Waals surface area contributed by atoms with Crippen molar-refractivity contribution >= 4 is 17.5 Å². The maximum absolute atomic E-state index is 11.5. The number of carbonyl (C=O) groups is 1. The van der Waals surface area contributed by atoms with Crippen LogP contribution in [0.3, 0.4) is 0 Å². The first-order valence-electron chi connectivity index (χ1n) is 4.65. The second kappa shape index (κ2) is 4.57. The van der Waals surface area contributed by atoms with Gasteiger partial charge in [-0.15, -0.1) is 0 Å². The molecule has 0 saturated carbocycles. The van der Waals surface area contributed by atoms with Gasteiger partial charge in [0.1, 0.15) is 0 Å². The summed E-state index contributed by atoms with van der Waals surface area (Å²) in [5, 5.41) is 3.08. The molecule has 0 aromatic carbocycles. The van der Waals surface area contributed by atoms with E-state index in [1.54, 1.807) is 6.20 Å². The van der Waals surface area contributed by atoms with Crippen molar-refractivity contribution in [3.8, 4) is 0 Å². The lowest BCUT2D eigenvalue weighted by Gasteiger charge is -2.17. The monoisotopic (exact) mass is 227 g/mol. The van der Waals surface area contributed by atoms with Crippen molar-refractivity contribution in [2.45, 2.75) is 27.3 Å². The average Bonchev–Trinajstić information content (AvgIpc) is 2.14. The Bertz CT molecular complexity index is 360. The van der Waals surface area contributed by atoms with Gasteiger partial charge in [-0.1, -0.05) is 32.4 Å². The van der Waals surface area contributed by atoms with Crippen LogP contribution >= 0.6 is 11.6 Å². The largest absolute Gasteiger partial charge is 0.350 e. The summed E-state index contributed by atoms with van der Waals surface area (Å²) in [5.41, 5.74) is 0.172. The molecule has 15 heavy (non-hydrogen) atoms. The second-order valence-electron chi connectivity index (χ2n) is 4.23. The maximum Gasteiger partial charge on any atom is 0.225 e. The Morgan fingerprint density at radius 3 is 2.53 bits per heavy atom. The van der Waals surface area contributed by atoms with Gasteiger partial charge in [-0.2, -0.15) is 0 Å². The molecular weight excluding hydrogens is 214 g/mol. The summed E-state index contributed by atoms with van der Waals surface area (Å²) in [5.74, 6) is -0.0378. The third kappa shape index (κ3) is 3.47. The van der Waals surface area contributed by atoms with Gasteiger partial charge in [0.25, 0.3) is 0 Å². The highest BCUT2D eigenvalue weighted by Crippen LogP contribution is 2.13. The van der Waals surface area contributed by atoms with E-state index in [0.717, 1.165) is 0 Å². The molecule has 0 saturated heterocycles. The first-order chi connectivity index (χ1) is 6.91. The summed E-state index contributed by atoms with van der Waals surface area (Å²) in [4.78, 5) is 19.4. The highest BCUT2D eigenvalue weighted by atomic mass is 35.5. The van der Waals surface area contributed by atoms with Crippen LogP contribution < -0.4 is 5.32 Å². The van der Waals surface area contributed by atoms with E-state index < -0.39 is 5.41 Å². The van der Waals surface area contributed by atoms with E-state index in [0.29, 0.717) is 17.4 Å². The lowest BCUT2D eigenvalue weighted by Crippen LogP contribution is -2.34. The smallest absolute Gasteiger partial charge is 0.225 e. The van der Waals surface area contributed by atoms with Gasteiger partial charge in [0.2, 0.25) is 5.91 Å². The van der Waals surface area contributed by atoms with E-state index in [2.05, 4.69) is 15.3 Å². The normalized spacial score (nSPS) is 11.2. The Morgan fingerprint density at radius 2 is 2.00 bits per heavy atom. The minimum absolute atomic E-state index is 0.0378. The number of amides is 1. The van der Waals surface area contributed by atoms with Crippen LogP contribution in [-0.2, 0) is 11.3 Å². The van der Waals surface area contributed by atoms with Crippen molar-refractivity contribution in [2.75, 3.05) is 0 Å². The zero-order valence-electron chi connectivity index (χ0n) is 9.04. The fourth-order valence-corrected chi connectivity index (χ4v) is 1.07. The summed E-state index contributed by atoms with van der Waals surface area (Å²) in [6.45, 7) is 5.85. The van der Waals surface area contributed by atoms with Gasteiger partial charge >= 0.3 is 0 Å². The first-order valence-corrected chi connectivity index (χ1v) is 5.03. The van der Waals surface area contributed by atoms with E-state index >= 15 is 0 Å². The van der Waals surface area contributed by atoms with Gasteiger partial charge in [-0.25, -0.2) is 4.98 Å². The Hall–Kier alpha value is -1.16. The van der Waals surface area contributed by atoms with Crippen LogP contribution in [0.25, 0.3) is 0 Å². The topological polar surface area (TPSA) is 54.9 Å². The van der Waals surface area contributed by atoms with E-state index in [1.165, 1.54) is 6.20 Å². The number of carbonyl (C=O) groups excluding carboxylic acids is 1. The predicted molar refractivity (Wildman–Crippen MR) is 58.3 cm³/mol. The van der Waals surface area contributed by atoms with Crippen LogP contribution in [-0.4, -0.2) is 15.9 Å². The van der Waals surface area contributed by atoms with Crippen molar-refractivity contribution in [3.05, 3.63) is 23.2 Å². The Labute approximate surface area is 94.1 Å². The number of hydrogen-bond donors (Lipinski definition) is 1. The molecule has 0 spiro atoms. The SMILES string of the molecule is CC(C)(C)C(=O)NCc1nccnc1Cl. The van der Waals surface area contributed by atoms with Gasteiger partial charge < -0.3 is 5.32 Å². The van der Waals surface area contributed by atoms with Gasteiger partial charge in [0, 0.05) is 17.8 Å². The Morgan fingerprint density at radius 1 is 1.40 bits per heavy atom. The Balaban J connectivity index is 2.59. The van der Waals surface area contributed by atoms with Crippen molar-refractivity contribution < 1.29 is 4.79 Å². The van der Waals surface area contributed by atoms with Gasteiger partial charge in [-0.05, 0) is 0 Å². The number of nitrogens with one attached hydrogen (secondary N) is 1. The molecular formula is C10H14ClN3O. The van der Waals surface area contributed by atoms with Crippen LogP contribution in [0.5, 0.6) is 0 Å². The van der Waals surface area contributed by atoms with Gasteiger partial charge in [0.15, 0.2) is 5.15 Å². The Kier molecular flexibility index (Phi) is 3.63. The number of aromatic nitrogens is 2. The summed E-state index contributed by atoms with van der Waals surface area (Å²) < 4.78 is 0. The molecule has 0 unspecified atom stereocenters. The molecule has 4 nitrogen and oxygen atoms in total. The number of hydrogen-bond acceptors (Lipinski definition) is 3. The molecule has 0 aliphatic rings. The van der Waals surface area contributed by atoms with E-state index in [1.807, 2.05) is 20.8 Å². The zero-order chi connectivity index (χ0) is 11.5. The van der Waals surface area contributed by atoms with Crippen LogP contribution in [0, 0.1) is 5.41 Å². The van der Waals surface area contributed by atoms with Gasteiger partial charge in [0.05, 0.1) is 12.2 Å². The minimum Gasteiger partial charge on any atom is -0.350 e. The quantitative estimate of drug-likeness (QED) is 0.838. The molecule has 1 heterocycles. The standard InChI is InChI=1S/C10H14ClN3O/c1-10(2,3)9(15)14-6-7-8(11)13-5-4-12-7/h4-5H,6H2,1-3H3,(H,14,15). The molecule has 1 N–H and O–H groups in total. The van der Waals surface area contributed by atoms with Crippen molar-refractivity contribution in [2.24, 2.45) is 5.41 Å². The van der Waals surface area contributed by atoms with Crippen LogP contribution in [0.1, 0.15) is 26.5 Å². The molecule has 1 aromatic heterocycles. The second-order valence-corrected chi connectivity index (χ2v) is 4.58. The maximum atomic E-state index is 11.5. The van der Waals surface area contributed by atoms with Crippen molar-refractivity contribution in [1.82, 2.24) is 15.3 Å². The van der Waals surface area contributed by atoms with Crippen molar-refractivity contribution in [3.63, 3.8) is 0 Å². The lowest BCUT2D eigenvalue weighted by atomic mass is 9.96. The van der Waals surface area contributed by atoms with E-state index in [-0.39, 0.29) is 5.91 Å². The van der Waals surface area contributed by atoms with E-state index in [9.17, 15) is 4.79 Å². The molecule has 1 rings (SSSR count). The number of halogens is 1. The third-order valence-corrected chi connectivity index (χ3v) is 2.14. The molecule has 5 heteroatoms. The fourth-order valence-electron chi connectivity index (χ4n) is 0.898. The predicted octanol–water partition coefficient (Wildman–Crippen LogP) is 1.79. The van der Waals surface area contributed by atoms with Crippen LogP contribution in [0.15, 0.2) is 12.4 Å². The highest BCUT2D eigenvalue weighted by molar-refractivity contribution is 6.29. The summed E-state index contributed by atoms with van der Waals surface area (Å²) in [6, 6.07) is 0. The summed E-state index contributed by atoms with van der Waals surface area (Å²) >= 11 is 5.80. The molecule has 1 aromatic rings. The molecule has 1 amide bonds. The third-order valence-electron chi connectivity index (χ3n) is 1.82. The van der Waals surface area contributed by atoms with Gasteiger partial charge in [-0.3, -0.25) is 9.78 Å². The highest BCUT2D eigenvalue weighted by Gasteiger charge is 2.20. The fraction of sp³-hybridized carbons (Fsp3) is 0.500. The zero-order valence-corrected chi connectivity index (χ0v) is 9.80. The van der Waals surface area contributed by atoms with Crippen molar-refractivity contribution in [1.29, 1.82) is 0 Å². The van der Waals surface area contributed by atoms with E-state index in [4.69, 9.17) is 11.6 Å². The first kappa shape index (κ1) is 11.9.